The lowest BCUT2D eigenvalue weighted by Gasteiger charge is -2.41. The molecule has 0 saturated carbocycles. The zero-order chi connectivity index (χ0) is 20.7. The molecule has 2 aromatic heterocycles. The molecule has 0 aliphatic carbocycles. The fraction of sp³-hybridized carbons (Fsp3) is 0.375. The molecule has 5 atom stereocenters. The van der Waals surface area contributed by atoms with Crippen molar-refractivity contribution in [2.24, 2.45) is 0 Å². The summed E-state index contributed by atoms with van der Waals surface area (Å²) < 4.78 is 46.8. The summed E-state index contributed by atoms with van der Waals surface area (Å²) in [6.45, 7) is -0.565. The minimum absolute atomic E-state index is 0.0227. The quantitative estimate of drug-likeness (QED) is 0.435. The molecule has 3 aromatic rings. The van der Waals surface area contributed by atoms with E-state index in [1.165, 1.54) is 12.5 Å². The molecule has 0 amide bonds. The van der Waals surface area contributed by atoms with Gasteiger partial charge < -0.3 is 20.1 Å². The van der Waals surface area contributed by atoms with E-state index in [1.807, 2.05) is 0 Å². The van der Waals surface area contributed by atoms with Gasteiger partial charge in [-0.15, -0.1) is 5.10 Å². The third-order valence-corrected chi connectivity index (χ3v) is 4.69. The highest BCUT2D eigenvalue weighted by Gasteiger charge is 2.47. The minimum atomic E-state index is -1.61. The summed E-state index contributed by atoms with van der Waals surface area (Å²) in [6, 6.07) is 0.349. The number of aliphatic hydroxyl groups excluding tert-OH is 3. The standard InChI is InChI=1S/C16H15F3N6O4/c17-7-1-6(2-8(18)11(7)19)9-3-25(24-22-9)12-13(27)10(4-26)29-15(14(12)28)16-20-5-21-23-16/h1-3,5,10,12-15,26-28H,4H2,(H,20,21,23)/t10-,12+,13+,14-,15-/m1/s1. The van der Waals surface area contributed by atoms with Crippen LogP contribution in [0, 0.1) is 17.5 Å². The fourth-order valence-corrected chi connectivity index (χ4v) is 3.25. The van der Waals surface area contributed by atoms with Crippen LogP contribution in [0.25, 0.3) is 11.3 Å². The van der Waals surface area contributed by atoms with Crippen LogP contribution < -0.4 is 0 Å². The Morgan fingerprint density at radius 1 is 1.14 bits per heavy atom. The van der Waals surface area contributed by atoms with E-state index in [0.29, 0.717) is 0 Å². The van der Waals surface area contributed by atoms with Crippen LogP contribution >= 0.6 is 0 Å². The molecule has 1 aliphatic rings. The number of halogens is 3. The summed E-state index contributed by atoms with van der Waals surface area (Å²) in [5, 5.41) is 44.6. The molecular formula is C16H15F3N6O4. The molecule has 1 saturated heterocycles. The van der Waals surface area contributed by atoms with E-state index >= 15 is 0 Å². The summed E-state index contributed by atoms with van der Waals surface area (Å²) in [5.41, 5.74) is -0.111. The van der Waals surface area contributed by atoms with E-state index in [9.17, 15) is 28.5 Å². The average molecular weight is 412 g/mol. The number of aromatic nitrogens is 6. The number of hydrogen-bond donors (Lipinski definition) is 4. The molecule has 0 radical (unpaired) electrons. The number of H-pyrrole nitrogens is 1. The number of nitrogens with one attached hydrogen (secondary N) is 1. The Bertz CT molecular complexity index is 977. The van der Waals surface area contributed by atoms with Crippen LogP contribution in [0.5, 0.6) is 0 Å². The molecule has 4 rings (SSSR count). The number of benzene rings is 1. The normalized spacial score (nSPS) is 27.3. The van der Waals surface area contributed by atoms with Crippen molar-refractivity contribution in [3.05, 3.63) is 47.9 Å². The van der Waals surface area contributed by atoms with Crippen molar-refractivity contribution in [2.45, 2.75) is 30.5 Å². The number of ether oxygens (including phenoxy) is 1. The number of aliphatic hydroxyl groups is 3. The van der Waals surface area contributed by atoms with Gasteiger partial charge in [0.15, 0.2) is 23.3 Å². The Labute approximate surface area is 160 Å². The van der Waals surface area contributed by atoms with Gasteiger partial charge in [-0.1, -0.05) is 5.21 Å². The van der Waals surface area contributed by atoms with Crippen LogP contribution in [0.15, 0.2) is 24.7 Å². The second kappa shape index (κ2) is 7.51. The molecule has 3 heterocycles. The molecular weight excluding hydrogens is 397 g/mol. The Balaban J connectivity index is 1.69. The number of aromatic amines is 1. The fourth-order valence-electron chi connectivity index (χ4n) is 3.25. The Hall–Kier alpha value is -2.87. The second-order valence-electron chi connectivity index (χ2n) is 6.46. The van der Waals surface area contributed by atoms with E-state index in [1.54, 1.807) is 0 Å². The van der Waals surface area contributed by atoms with E-state index in [2.05, 4.69) is 25.5 Å². The summed E-state index contributed by atoms with van der Waals surface area (Å²) >= 11 is 0. The molecule has 0 bridgehead atoms. The van der Waals surface area contributed by atoms with Gasteiger partial charge in [0.2, 0.25) is 0 Å². The van der Waals surface area contributed by atoms with E-state index < -0.39 is 54.5 Å². The van der Waals surface area contributed by atoms with Crippen LogP contribution in [0.1, 0.15) is 18.0 Å². The van der Waals surface area contributed by atoms with Crippen molar-refractivity contribution >= 4 is 0 Å². The van der Waals surface area contributed by atoms with Crippen molar-refractivity contribution in [1.29, 1.82) is 0 Å². The highest BCUT2D eigenvalue weighted by Crippen LogP contribution is 2.37. The zero-order valence-electron chi connectivity index (χ0n) is 14.5. The van der Waals surface area contributed by atoms with Crippen molar-refractivity contribution in [2.75, 3.05) is 6.61 Å². The van der Waals surface area contributed by atoms with Gasteiger partial charge in [0, 0.05) is 5.56 Å². The third-order valence-electron chi connectivity index (χ3n) is 4.69. The van der Waals surface area contributed by atoms with Gasteiger partial charge in [0.05, 0.1) is 12.8 Å². The first-order valence-electron chi connectivity index (χ1n) is 8.45. The molecule has 1 fully saturated rings. The maximum atomic E-state index is 13.5. The summed E-state index contributed by atoms with van der Waals surface area (Å²) in [6.07, 6.45) is -2.53. The Morgan fingerprint density at radius 3 is 2.48 bits per heavy atom. The lowest BCUT2D eigenvalue weighted by atomic mass is 9.92. The highest BCUT2D eigenvalue weighted by molar-refractivity contribution is 5.57. The molecule has 10 nitrogen and oxygen atoms in total. The first-order chi connectivity index (χ1) is 13.9. The van der Waals surface area contributed by atoms with Gasteiger partial charge in [-0.05, 0) is 12.1 Å². The average Bonchev–Trinajstić information content (AvgIpc) is 3.38. The maximum absolute atomic E-state index is 13.5. The zero-order valence-corrected chi connectivity index (χ0v) is 14.5. The van der Waals surface area contributed by atoms with Crippen molar-refractivity contribution in [3.8, 4) is 11.3 Å². The van der Waals surface area contributed by atoms with Crippen LogP contribution in [-0.2, 0) is 4.74 Å². The second-order valence-corrected chi connectivity index (χ2v) is 6.46. The predicted molar refractivity (Wildman–Crippen MR) is 87.5 cm³/mol. The Morgan fingerprint density at radius 2 is 1.86 bits per heavy atom. The van der Waals surface area contributed by atoms with E-state index in [4.69, 9.17) is 4.74 Å². The summed E-state index contributed by atoms with van der Waals surface area (Å²) in [5.74, 6) is -4.24. The molecule has 13 heteroatoms. The van der Waals surface area contributed by atoms with Gasteiger partial charge in [-0.2, -0.15) is 5.10 Å². The number of rotatable bonds is 4. The third kappa shape index (κ3) is 3.37. The van der Waals surface area contributed by atoms with Gasteiger partial charge in [-0.3, -0.25) is 5.10 Å². The molecule has 0 spiro atoms. The summed E-state index contributed by atoms with van der Waals surface area (Å²) in [4.78, 5) is 3.91. The molecule has 4 N–H and O–H groups in total. The van der Waals surface area contributed by atoms with Gasteiger partial charge in [-0.25, -0.2) is 22.8 Å². The largest absolute Gasteiger partial charge is 0.394 e. The van der Waals surface area contributed by atoms with Crippen molar-refractivity contribution in [3.63, 3.8) is 0 Å². The minimum Gasteiger partial charge on any atom is -0.394 e. The van der Waals surface area contributed by atoms with Gasteiger partial charge in [0.25, 0.3) is 0 Å². The molecule has 29 heavy (non-hydrogen) atoms. The first kappa shape index (κ1) is 19.4. The topological polar surface area (TPSA) is 142 Å². The predicted octanol–water partition coefficient (Wildman–Crippen LogP) is -0.124. The van der Waals surface area contributed by atoms with Crippen LogP contribution in [0.4, 0.5) is 13.2 Å². The molecule has 154 valence electrons. The van der Waals surface area contributed by atoms with Gasteiger partial charge >= 0.3 is 0 Å². The lowest BCUT2D eigenvalue weighted by molar-refractivity contribution is -0.210. The smallest absolute Gasteiger partial charge is 0.194 e. The molecule has 1 aromatic carbocycles. The van der Waals surface area contributed by atoms with Crippen LogP contribution in [-0.4, -0.2) is 70.4 Å². The highest BCUT2D eigenvalue weighted by atomic mass is 19.2. The summed E-state index contributed by atoms with van der Waals surface area (Å²) in [7, 11) is 0. The van der Waals surface area contributed by atoms with Crippen molar-refractivity contribution < 1.29 is 33.2 Å². The van der Waals surface area contributed by atoms with E-state index in [-0.39, 0.29) is 17.1 Å². The van der Waals surface area contributed by atoms with Crippen molar-refractivity contribution in [1.82, 2.24) is 30.2 Å². The van der Waals surface area contributed by atoms with Crippen LogP contribution in [0.3, 0.4) is 0 Å². The first-order valence-corrected chi connectivity index (χ1v) is 8.45. The molecule has 1 aliphatic heterocycles. The maximum Gasteiger partial charge on any atom is 0.194 e. The van der Waals surface area contributed by atoms with E-state index in [0.717, 1.165) is 16.8 Å². The Kier molecular flexibility index (Phi) is 5.04. The SMILES string of the molecule is OC[C@H]1O[C@@H](c2ncn[nH]2)[C@H](O)[C@@H](n2cc(-c3cc(F)c(F)c(F)c3)nn2)[C@H]1O. The number of hydrogen-bond acceptors (Lipinski definition) is 8. The lowest BCUT2D eigenvalue weighted by Crippen LogP contribution is -2.53. The van der Waals surface area contributed by atoms with Crippen LogP contribution in [0.2, 0.25) is 0 Å². The van der Waals surface area contributed by atoms with Gasteiger partial charge in [0.1, 0.15) is 42.5 Å². The monoisotopic (exact) mass is 412 g/mol. The number of nitrogens with zero attached hydrogens (tertiary/aromatic N) is 5. The molecule has 0 unspecified atom stereocenters.